The minimum absolute atomic E-state index is 0. The van der Waals surface area contributed by atoms with Gasteiger partial charge in [-0.3, -0.25) is 0 Å². The van der Waals surface area contributed by atoms with Crippen LogP contribution in [0.3, 0.4) is 0 Å². The maximum absolute atomic E-state index is 3.35. The molecule has 0 bridgehead atoms. The van der Waals surface area contributed by atoms with Gasteiger partial charge in [0.25, 0.3) is 0 Å². The summed E-state index contributed by atoms with van der Waals surface area (Å²) < 4.78 is 0. The minimum atomic E-state index is 0. The standard InChI is InChI=1S/C13H20N2S.ClH/c1-14-12-7-8-15(11-12)9-10-16-13-5-3-2-4-6-13;/h2-6,12,14H,7-11H2,1H3;1H. The van der Waals surface area contributed by atoms with Gasteiger partial charge in [-0.05, 0) is 32.1 Å². The molecule has 17 heavy (non-hydrogen) atoms. The van der Waals surface area contributed by atoms with Gasteiger partial charge in [-0.25, -0.2) is 0 Å². The molecule has 1 atom stereocenters. The van der Waals surface area contributed by atoms with E-state index in [1.54, 1.807) is 0 Å². The topological polar surface area (TPSA) is 15.3 Å². The number of nitrogens with zero attached hydrogens (tertiary/aromatic N) is 1. The van der Waals surface area contributed by atoms with Crippen molar-refractivity contribution in [1.29, 1.82) is 0 Å². The summed E-state index contributed by atoms with van der Waals surface area (Å²) in [6.45, 7) is 3.67. The summed E-state index contributed by atoms with van der Waals surface area (Å²) in [5, 5.41) is 3.35. The minimum Gasteiger partial charge on any atom is -0.316 e. The summed E-state index contributed by atoms with van der Waals surface area (Å²) in [7, 11) is 2.06. The highest BCUT2D eigenvalue weighted by atomic mass is 35.5. The summed E-state index contributed by atoms with van der Waals surface area (Å²) in [6, 6.07) is 11.4. The van der Waals surface area contributed by atoms with Gasteiger partial charge in [0.1, 0.15) is 0 Å². The van der Waals surface area contributed by atoms with Gasteiger partial charge < -0.3 is 10.2 Å². The average molecular weight is 273 g/mol. The predicted molar refractivity (Wildman–Crippen MR) is 78.3 cm³/mol. The molecule has 96 valence electrons. The molecule has 1 fully saturated rings. The third kappa shape index (κ3) is 4.88. The zero-order chi connectivity index (χ0) is 11.2. The average Bonchev–Trinajstić information content (AvgIpc) is 2.78. The summed E-state index contributed by atoms with van der Waals surface area (Å²) in [5.74, 6) is 1.19. The van der Waals surface area contributed by atoms with E-state index in [0.29, 0.717) is 6.04 Å². The number of likely N-dealkylation sites (N-methyl/N-ethyl adjacent to an activating group) is 1. The van der Waals surface area contributed by atoms with Crippen molar-refractivity contribution in [3.63, 3.8) is 0 Å². The normalized spacial score (nSPS) is 20.2. The molecular weight excluding hydrogens is 252 g/mol. The highest BCUT2D eigenvalue weighted by Crippen LogP contribution is 2.18. The van der Waals surface area contributed by atoms with Crippen molar-refractivity contribution >= 4 is 24.2 Å². The summed E-state index contributed by atoms with van der Waals surface area (Å²) in [6.07, 6.45) is 1.30. The molecule has 2 rings (SSSR count). The van der Waals surface area contributed by atoms with Gasteiger partial charge in [0.05, 0.1) is 0 Å². The van der Waals surface area contributed by atoms with Crippen molar-refractivity contribution in [3.8, 4) is 0 Å². The molecule has 0 radical (unpaired) electrons. The molecule has 1 unspecified atom stereocenters. The first-order valence-electron chi connectivity index (χ1n) is 5.96. The number of hydrogen-bond donors (Lipinski definition) is 1. The zero-order valence-corrected chi connectivity index (χ0v) is 11.9. The lowest BCUT2D eigenvalue weighted by molar-refractivity contribution is 0.351. The Morgan fingerprint density at radius 2 is 2.12 bits per heavy atom. The highest BCUT2D eigenvalue weighted by Gasteiger charge is 2.19. The number of thioether (sulfide) groups is 1. The Bertz CT molecular complexity index is 308. The molecule has 1 aliphatic rings. The van der Waals surface area contributed by atoms with E-state index in [0.717, 1.165) is 0 Å². The number of halogens is 1. The Kier molecular flexibility index (Phi) is 6.97. The zero-order valence-electron chi connectivity index (χ0n) is 10.3. The molecule has 0 aromatic heterocycles. The van der Waals surface area contributed by atoms with E-state index in [2.05, 4.69) is 47.6 Å². The molecule has 0 saturated carbocycles. The summed E-state index contributed by atoms with van der Waals surface area (Å²) in [4.78, 5) is 3.93. The van der Waals surface area contributed by atoms with Gasteiger partial charge in [-0.2, -0.15) is 0 Å². The van der Waals surface area contributed by atoms with E-state index < -0.39 is 0 Å². The van der Waals surface area contributed by atoms with Crippen LogP contribution in [0.5, 0.6) is 0 Å². The van der Waals surface area contributed by atoms with Crippen LogP contribution in [0.2, 0.25) is 0 Å². The van der Waals surface area contributed by atoms with E-state index in [1.807, 2.05) is 11.8 Å². The molecule has 1 saturated heterocycles. The number of benzene rings is 1. The first kappa shape index (κ1) is 14.8. The SMILES string of the molecule is CNC1CCN(CCSc2ccccc2)C1.Cl. The number of rotatable bonds is 5. The molecule has 0 aliphatic carbocycles. The molecule has 1 heterocycles. The van der Waals surface area contributed by atoms with Crippen molar-refractivity contribution in [2.24, 2.45) is 0 Å². The van der Waals surface area contributed by atoms with Crippen LogP contribution in [-0.2, 0) is 0 Å². The molecule has 0 amide bonds. The van der Waals surface area contributed by atoms with Crippen molar-refractivity contribution in [2.45, 2.75) is 17.4 Å². The molecule has 1 aromatic carbocycles. The second-order valence-electron chi connectivity index (χ2n) is 4.24. The lowest BCUT2D eigenvalue weighted by Gasteiger charge is -2.15. The van der Waals surface area contributed by atoms with Gasteiger partial charge >= 0.3 is 0 Å². The quantitative estimate of drug-likeness (QED) is 0.829. The van der Waals surface area contributed by atoms with Crippen LogP contribution in [0.25, 0.3) is 0 Å². The first-order chi connectivity index (χ1) is 7.88. The van der Waals surface area contributed by atoms with Crippen molar-refractivity contribution in [1.82, 2.24) is 10.2 Å². The van der Waals surface area contributed by atoms with Crippen molar-refractivity contribution < 1.29 is 0 Å². The van der Waals surface area contributed by atoms with Crippen molar-refractivity contribution in [2.75, 3.05) is 32.4 Å². The van der Waals surface area contributed by atoms with E-state index in [9.17, 15) is 0 Å². The Hall–Kier alpha value is -0.220. The van der Waals surface area contributed by atoms with Gasteiger partial charge in [0.2, 0.25) is 0 Å². The first-order valence-corrected chi connectivity index (χ1v) is 6.94. The Labute approximate surface area is 115 Å². The highest BCUT2D eigenvalue weighted by molar-refractivity contribution is 7.99. The van der Waals surface area contributed by atoms with Crippen LogP contribution < -0.4 is 5.32 Å². The Morgan fingerprint density at radius 3 is 2.76 bits per heavy atom. The predicted octanol–water partition coefficient (Wildman–Crippen LogP) is 2.49. The molecule has 2 nitrogen and oxygen atoms in total. The molecule has 1 aliphatic heterocycles. The van der Waals surface area contributed by atoms with Crippen LogP contribution in [-0.4, -0.2) is 43.4 Å². The second kappa shape index (κ2) is 7.98. The second-order valence-corrected chi connectivity index (χ2v) is 5.40. The maximum atomic E-state index is 3.35. The Morgan fingerprint density at radius 1 is 1.35 bits per heavy atom. The van der Waals surface area contributed by atoms with Crippen molar-refractivity contribution in [3.05, 3.63) is 30.3 Å². The van der Waals surface area contributed by atoms with Gasteiger partial charge in [0.15, 0.2) is 0 Å². The lowest BCUT2D eigenvalue weighted by Crippen LogP contribution is -2.30. The van der Waals surface area contributed by atoms with Gasteiger partial charge in [0, 0.05) is 29.8 Å². The smallest absolute Gasteiger partial charge is 0.0204 e. The van der Waals surface area contributed by atoms with Crippen LogP contribution >= 0.6 is 24.2 Å². The van der Waals surface area contributed by atoms with E-state index in [4.69, 9.17) is 0 Å². The maximum Gasteiger partial charge on any atom is 0.0204 e. The molecular formula is C13H21ClN2S. The fraction of sp³-hybridized carbons (Fsp3) is 0.538. The fourth-order valence-corrected chi connectivity index (χ4v) is 3.02. The number of nitrogens with one attached hydrogen (secondary N) is 1. The number of likely N-dealkylation sites (tertiary alicyclic amines) is 1. The summed E-state index contributed by atoms with van der Waals surface area (Å²) >= 11 is 1.95. The fourth-order valence-electron chi connectivity index (χ4n) is 2.08. The van der Waals surface area contributed by atoms with Gasteiger partial charge in [-0.1, -0.05) is 18.2 Å². The van der Waals surface area contributed by atoms with Crippen LogP contribution in [0.15, 0.2) is 35.2 Å². The number of hydrogen-bond acceptors (Lipinski definition) is 3. The molecule has 1 aromatic rings. The lowest BCUT2D eigenvalue weighted by atomic mass is 10.3. The molecule has 0 spiro atoms. The molecule has 4 heteroatoms. The third-order valence-corrected chi connectivity index (χ3v) is 4.09. The van der Waals surface area contributed by atoms with Crippen LogP contribution in [0, 0.1) is 0 Å². The van der Waals surface area contributed by atoms with Gasteiger partial charge in [-0.15, -0.1) is 24.2 Å². The van der Waals surface area contributed by atoms with E-state index >= 15 is 0 Å². The Balaban J connectivity index is 0.00000144. The van der Waals surface area contributed by atoms with E-state index in [1.165, 1.54) is 36.7 Å². The third-order valence-electron chi connectivity index (χ3n) is 3.10. The largest absolute Gasteiger partial charge is 0.316 e. The van der Waals surface area contributed by atoms with E-state index in [-0.39, 0.29) is 12.4 Å². The van der Waals surface area contributed by atoms with Crippen LogP contribution in [0.4, 0.5) is 0 Å². The monoisotopic (exact) mass is 272 g/mol. The molecule has 1 N–H and O–H groups in total. The van der Waals surface area contributed by atoms with Crippen LogP contribution in [0.1, 0.15) is 6.42 Å². The summed E-state index contributed by atoms with van der Waals surface area (Å²) in [5.41, 5.74) is 0.